The molecule has 0 aromatic heterocycles. The van der Waals surface area contributed by atoms with Gasteiger partial charge in [-0.05, 0) is 50.2 Å². The highest BCUT2D eigenvalue weighted by Crippen LogP contribution is 2.32. The fourth-order valence-corrected chi connectivity index (χ4v) is 4.58. The summed E-state index contributed by atoms with van der Waals surface area (Å²) < 4.78 is 38.9. The average Bonchev–Trinajstić information content (AvgIpc) is 2.81. The van der Waals surface area contributed by atoms with E-state index >= 15 is 0 Å². The first-order valence-corrected chi connectivity index (χ1v) is 11.9. The molecule has 0 saturated carbocycles. The van der Waals surface area contributed by atoms with E-state index in [1.54, 1.807) is 36.4 Å². The molecule has 0 unspecified atom stereocenters. The lowest BCUT2D eigenvalue weighted by molar-refractivity contribution is -0.119. The Morgan fingerprint density at radius 1 is 0.909 bits per heavy atom. The lowest BCUT2D eigenvalue weighted by atomic mass is 10.2. The first-order valence-electron chi connectivity index (χ1n) is 10.5. The lowest BCUT2D eigenvalue weighted by Crippen LogP contribution is -2.42. The van der Waals surface area contributed by atoms with Gasteiger partial charge in [0, 0.05) is 0 Å². The number of carbonyl (C=O) groups is 1. The maximum Gasteiger partial charge on any atom is 0.264 e. The third-order valence-electron chi connectivity index (χ3n) is 4.96. The third kappa shape index (κ3) is 6.26. The normalized spacial score (nSPS) is 11.0. The van der Waals surface area contributed by atoms with Crippen molar-refractivity contribution in [2.75, 3.05) is 31.1 Å². The maximum atomic E-state index is 13.5. The molecule has 0 fully saturated rings. The molecule has 7 nitrogen and oxygen atoms in total. The number of benzene rings is 3. The summed E-state index contributed by atoms with van der Waals surface area (Å²) in [6.45, 7) is 3.95. The number of hydrogen-bond acceptors (Lipinski definition) is 5. The van der Waals surface area contributed by atoms with Crippen LogP contribution in [-0.4, -0.2) is 41.1 Å². The zero-order chi connectivity index (χ0) is 23.8. The number of nitrogens with one attached hydrogen (secondary N) is 1. The SMILES string of the molecule is COc1ccccc1N(CC(=O)NCCOc1ccc(C)cc1)S(=O)(=O)c1ccc(C)cc1. The van der Waals surface area contributed by atoms with Gasteiger partial charge in [-0.3, -0.25) is 9.10 Å². The van der Waals surface area contributed by atoms with Crippen LogP contribution < -0.4 is 19.1 Å². The fourth-order valence-electron chi connectivity index (χ4n) is 3.15. The zero-order valence-electron chi connectivity index (χ0n) is 18.9. The van der Waals surface area contributed by atoms with E-state index in [-0.39, 0.29) is 23.7 Å². The van der Waals surface area contributed by atoms with Crippen molar-refractivity contribution in [2.24, 2.45) is 0 Å². The van der Waals surface area contributed by atoms with Crippen LogP contribution in [0.5, 0.6) is 11.5 Å². The number of rotatable bonds is 10. The molecule has 0 atom stereocenters. The standard InChI is InChI=1S/C25H28N2O5S/c1-19-8-12-21(13-9-19)32-17-16-26-25(28)18-27(23-6-4-5-7-24(23)31-3)33(29,30)22-14-10-20(2)11-15-22/h4-15H,16-18H2,1-3H3,(H,26,28). The monoisotopic (exact) mass is 468 g/mol. The van der Waals surface area contributed by atoms with Crippen molar-refractivity contribution >= 4 is 21.6 Å². The molecular formula is C25H28N2O5S. The van der Waals surface area contributed by atoms with Gasteiger partial charge in [0.2, 0.25) is 5.91 Å². The molecule has 0 bridgehead atoms. The van der Waals surface area contributed by atoms with E-state index in [2.05, 4.69) is 5.32 Å². The van der Waals surface area contributed by atoms with Gasteiger partial charge in [-0.15, -0.1) is 0 Å². The maximum absolute atomic E-state index is 13.5. The zero-order valence-corrected chi connectivity index (χ0v) is 19.8. The van der Waals surface area contributed by atoms with Gasteiger partial charge in [-0.2, -0.15) is 0 Å². The van der Waals surface area contributed by atoms with Gasteiger partial charge in [0.1, 0.15) is 24.7 Å². The predicted molar refractivity (Wildman–Crippen MR) is 128 cm³/mol. The van der Waals surface area contributed by atoms with E-state index < -0.39 is 22.5 Å². The predicted octanol–water partition coefficient (Wildman–Crippen LogP) is 3.70. The number of hydrogen-bond donors (Lipinski definition) is 1. The number of methoxy groups -OCH3 is 1. The second-order valence-electron chi connectivity index (χ2n) is 7.51. The van der Waals surface area contributed by atoms with Crippen molar-refractivity contribution in [3.05, 3.63) is 83.9 Å². The van der Waals surface area contributed by atoms with Gasteiger partial charge in [0.25, 0.3) is 10.0 Å². The van der Waals surface area contributed by atoms with Crippen LogP contribution in [-0.2, 0) is 14.8 Å². The van der Waals surface area contributed by atoms with Crippen molar-refractivity contribution in [3.63, 3.8) is 0 Å². The first kappa shape index (κ1) is 24.1. The number of carbonyl (C=O) groups excluding carboxylic acids is 1. The third-order valence-corrected chi connectivity index (χ3v) is 6.74. The number of aryl methyl sites for hydroxylation is 2. The van der Waals surface area contributed by atoms with Crippen molar-refractivity contribution in [2.45, 2.75) is 18.7 Å². The van der Waals surface area contributed by atoms with Crippen molar-refractivity contribution in [3.8, 4) is 11.5 Å². The molecule has 8 heteroatoms. The highest BCUT2D eigenvalue weighted by Gasteiger charge is 2.29. The molecule has 0 aliphatic carbocycles. The van der Waals surface area contributed by atoms with Crippen LogP contribution in [0.1, 0.15) is 11.1 Å². The van der Waals surface area contributed by atoms with Gasteiger partial charge in [0.15, 0.2) is 0 Å². The van der Waals surface area contributed by atoms with E-state index in [1.807, 2.05) is 38.1 Å². The molecule has 0 radical (unpaired) electrons. The number of anilines is 1. The molecule has 3 aromatic carbocycles. The van der Waals surface area contributed by atoms with E-state index in [1.165, 1.54) is 19.2 Å². The molecule has 0 heterocycles. The van der Waals surface area contributed by atoms with E-state index in [0.717, 1.165) is 15.4 Å². The van der Waals surface area contributed by atoms with Crippen LogP contribution in [0, 0.1) is 13.8 Å². The Morgan fingerprint density at radius 3 is 2.15 bits per heavy atom. The molecule has 0 spiro atoms. The molecular weight excluding hydrogens is 440 g/mol. The molecule has 0 saturated heterocycles. The summed E-state index contributed by atoms with van der Waals surface area (Å²) in [5.41, 5.74) is 2.35. The number of nitrogens with zero attached hydrogens (tertiary/aromatic N) is 1. The highest BCUT2D eigenvalue weighted by atomic mass is 32.2. The Hall–Kier alpha value is -3.52. The Labute approximate surface area is 195 Å². The Bertz CT molecular complexity index is 1180. The summed E-state index contributed by atoms with van der Waals surface area (Å²) in [7, 11) is -2.56. The second-order valence-corrected chi connectivity index (χ2v) is 9.37. The largest absolute Gasteiger partial charge is 0.495 e. The lowest BCUT2D eigenvalue weighted by Gasteiger charge is -2.25. The van der Waals surface area contributed by atoms with Crippen molar-refractivity contribution in [1.29, 1.82) is 0 Å². The Kier molecular flexibility index (Phi) is 7.95. The van der Waals surface area contributed by atoms with Gasteiger partial charge in [-0.1, -0.05) is 47.5 Å². The molecule has 1 N–H and O–H groups in total. The van der Waals surface area contributed by atoms with Crippen LogP contribution >= 0.6 is 0 Å². The molecule has 1 amide bonds. The first-order chi connectivity index (χ1) is 15.8. The summed E-state index contributed by atoms with van der Waals surface area (Å²) >= 11 is 0. The molecule has 0 aliphatic rings. The summed E-state index contributed by atoms with van der Waals surface area (Å²) in [6, 6.07) is 20.8. The van der Waals surface area contributed by atoms with Gasteiger partial charge in [-0.25, -0.2) is 8.42 Å². The van der Waals surface area contributed by atoms with E-state index in [9.17, 15) is 13.2 Å². The molecule has 3 aromatic rings. The van der Waals surface area contributed by atoms with Crippen LogP contribution in [0.15, 0.2) is 77.7 Å². The van der Waals surface area contributed by atoms with Crippen LogP contribution in [0.2, 0.25) is 0 Å². The quantitative estimate of drug-likeness (QED) is 0.459. The summed E-state index contributed by atoms with van der Waals surface area (Å²) in [5.74, 6) is 0.597. The molecule has 33 heavy (non-hydrogen) atoms. The topological polar surface area (TPSA) is 84.9 Å². The fraction of sp³-hybridized carbons (Fsp3) is 0.240. The number of ether oxygens (including phenoxy) is 2. The van der Waals surface area contributed by atoms with E-state index in [4.69, 9.17) is 9.47 Å². The minimum Gasteiger partial charge on any atom is -0.495 e. The van der Waals surface area contributed by atoms with Crippen molar-refractivity contribution < 1.29 is 22.7 Å². The van der Waals surface area contributed by atoms with Crippen LogP contribution in [0.3, 0.4) is 0 Å². The summed E-state index contributed by atoms with van der Waals surface area (Å²) in [5, 5.41) is 2.72. The molecule has 0 aliphatic heterocycles. The Balaban J connectivity index is 1.74. The van der Waals surface area contributed by atoms with E-state index in [0.29, 0.717) is 11.5 Å². The average molecular weight is 469 g/mol. The summed E-state index contributed by atoms with van der Waals surface area (Å²) in [4.78, 5) is 12.8. The number of para-hydroxylation sites is 2. The number of sulfonamides is 1. The second kappa shape index (κ2) is 10.9. The Morgan fingerprint density at radius 2 is 1.52 bits per heavy atom. The van der Waals surface area contributed by atoms with Crippen molar-refractivity contribution in [1.82, 2.24) is 5.32 Å². The molecule has 174 valence electrons. The minimum absolute atomic E-state index is 0.0921. The minimum atomic E-state index is -4.01. The van der Waals surface area contributed by atoms with Gasteiger partial charge >= 0.3 is 0 Å². The number of amides is 1. The highest BCUT2D eigenvalue weighted by molar-refractivity contribution is 7.92. The van der Waals surface area contributed by atoms with Crippen LogP contribution in [0.25, 0.3) is 0 Å². The van der Waals surface area contributed by atoms with Crippen LogP contribution in [0.4, 0.5) is 5.69 Å². The smallest absolute Gasteiger partial charge is 0.264 e. The van der Waals surface area contributed by atoms with Gasteiger partial charge < -0.3 is 14.8 Å². The van der Waals surface area contributed by atoms with Gasteiger partial charge in [0.05, 0.1) is 24.2 Å². The molecule has 3 rings (SSSR count). The summed E-state index contributed by atoms with van der Waals surface area (Å²) in [6.07, 6.45) is 0.